The number of thiazole rings is 1. The SMILES string of the molecule is CCCCOc1cccc(/C(O)=C2\C(=O)C(=O)N(c3nc(C)c(C(=O)OC)s3)C2c2ccc(Br)cc2)c1. The lowest BCUT2D eigenvalue weighted by atomic mass is 9.95. The molecule has 192 valence electrons. The van der Waals surface area contributed by atoms with Crippen molar-refractivity contribution in [3.8, 4) is 5.75 Å². The number of Topliss-reactive ketones (excluding diaryl/α,β-unsaturated/α-hetero) is 1. The number of benzene rings is 2. The minimum atomic E-state index is -0.964. The Kier molecular flexibility index (Phi) is 8.09. The third-order valence-corrected chi connectivity index (χ3v) is 7.53. The highest BCUT2D eigenvalue weighted by Gasteiger charge is 2.48. The van der Waals surface area contributed by atoms with Gasteiger partial charge in [0.15, 0.2) is 5.13 Å². The van der Waals surface area contributed by atoms with Crippen LogP contribution in [-0.2, 0) is 14.3 Å². The number of aliphatic hydroxyl groups excluding tert-OH is 1. The van der Waals surface area contributed by atoms with Gasteiger partial charge in [-0.3, -0.25) is 14.5 Å². The monoisotopic (exact) mass is 584 g/mol. The van der Waals surface area contributed by atoms with Crippen LogP contribution >= 0.6 is 27.3 Å². The molecule has 1 aliphatic heterocycles. The summed E-state index contributed by atoms with van der Waals surface area (Å²) in [5, 5.41) is 11.5. The van der Waals surface area contributed by atoms with Gasteiger partial charge in [-0.2, -0.15) is 0 Å². The fourth-order valence-electron chi connectivity index (χ4n) is 3.98. The maximum absolute atomic E-state index is 13.4. The molecule has 37 heavy (non-hydrogen) atoms. The van der Waals surface area contributed by atoms with Gasteiger partial charge in [-0.1, -0.05) is 64.9 Å². The minimum Gasteiger partial charge on any atom is -0.507 e. The molecule has 3 aromatic rings. The number of hydrogen-bond donors (Lipinski definition) is 1. The van der Waals surface area contributed by atoms with Crippen LogP contribution in [0, 0.1) is 6.92 Å². The molecule has 4 rings (SSSR count). The number of rotatable bonds is 8. The van der Waals surface area contributed by atoms with Crippen molar-refractivity contribution in [1.29, 1.82) is 0 Å². The third-order valence-electron chi connectivity index (χ3n) is 5.87. The Morgan fingerprint density at radius 1 is 1.19 bits per heavy atom. The first kappa shape index (κ1) is 26.6. The maximum Gasteiger partial charge on any atom is 0.350 e. The topological polar surface area (TPSA) is 106 Å². The van der Waals surface area contributed by atoms with E-state index in [4.69, 9.17) is 9.47 Å². The molecule has 0 spiro atoms. The van der Waals surface area contributed by atoms with Crippen molar-refractivity contribution in [2.24, 2.45) is 0 Å². The number of esters is 1. The molecule has 1 unspecified atom stereocenters. The first-order valence-corrected chi connectivity index (χ1v) is 13.2. The Morgan fingerprint density at radius 2 is 1.92 bits per heavy atom. The number of halogens is 1. The van der Waals surface area contributed by atoms with Crippen LogP contribution in [-0.4, -0.2) is 41.5 Å². The van der Waals surface area contributed by atoms with Crippen molar-refractivity contribution >= 4 is 55.8 Å². The van der Waals surface area contributed by atoms with Gasteiger partial charge in [-0.15, -0.1) is 0 Å². The van der Waals surface area contributed by atoms with Crippen molar-refractivity contribution in [1.82, 2.24) is 4.98 Å². The Balaban J connectivity index is 1.85. The molecule has 0 bridgehead atoms. The van der Waals surface area contributed by atoms with E-state index >= 15 is 0 Å². The highest BCUT2D eigenvalue weighted by Crippen LogP contribution is 2.44. The van der Waals surface area contributed by atoms with Crippen molar-refractivity contribution in [3.63, 3.8) is 0 Å². The van der Waals surface area contributed by atoms with E-state index in [2.05, 4.69) is 27.8 Å². The summed E-state index contributed by atoms with van der Waals surface area (Å²) in [6.07, 6.45) is 1.86. The zero-order chi connectivity index (χ0) is 26.7. The molecule has 2 aromatic carbocycles. The summed E-state index contributed by atoms with van der Waals surface area (Å²) < 4.78 is 11.4. The maximum atomic E-state index is 13.4. The van der Waals surface area contributed by atoms with Gasteiger partial charge in [0.25, 0.3) is 5.78 Å². The molecule has 1 amide bonds. The molecular formula is C27H25BrN2O6S. The van der Waals surface area contributed by atoms with Crippen LogP contribution in [0.2, 0.25) is 0 Å². The molecular weight excluding hydrogens is 560 g/mol. The molecule has 1 fully saturated rings. The number of nitrogens with zero attached hydrogens (tertiary/aromatic N) is 2. The molecule has 1 N–H and O–H groups in total. The van der Waals surface area contributed by atoms with Gasteiger partial charge in [-0.25, -0.2) is 9.78 Å². The van der Waals surface area contributed by atoms with Crippen LogP contribution in [0.5, 0.6) is 5.75 Å². The molecule has 1 atom stereocenters. The lowest BCUT2D eigenvalue weighted by Gasteiger charge is -2.23. The molecule has 0 radical (unpaired) electrons. The summed E-state index contributed by atoms with van der Waals surface area (Å²) >= 11 is 4.36. The third kappa shape index (κ3) is 5.30. The average Bonchev–Trinajstić information content (AvgIpc) is 3.40. The zero-order valence-electron chi connectivity index (χ0n) is 20.5. The van der Waals surface area contributed by atoms with Crippen LogP contribution in [0.3, 0.4) is 0 Å². The number of carbonyl (C=O) groups excluding carboxylic acids is 3. The van der Waals surface area contributed by atoms with Gasteiger partial charge in [0, 0.05) is 10.0 Å². The van der Waals surface area contributed by atoms with Gasteiger partial charge in [0.1, 0.15) is 16.4 Å². The Bertz CT molecular complexity index is 1380. The van der Waals surface area contributed by atoms with Crippen LogP contribution < -0.4 is 9.64 Å². The van der Waals surface area contributed by atoms with Crippen molar-refractivity contribution < 1.29 is 29.0 Å². The quantitative estimate of drug-likeness (QED) is 0.117. The predicted octanol–water partition coefficient (Wildman–Crippen LogP) is 5.81. The number of anilines is 1. The Hall–Kier alpha value is -3.50. The summed E-state index contributed by atoms with van der Waals surface area (Å²) in [5.74, 6) is -2.07. The standard InChI is InChI=1S/C27H25BrN2O6S/c1-4-5-13-36-19-8-6-7-17(14-19)22(31)20-21(16-9-11-18(28)12-10-16)30(25(33)23(20)32)27-29-15(2)24(37-27)26(34)35-3/h6-12,14,21,31H,4-5,13H2,1-3H3/b22-20+. The average molecular weight is 585 g/mol. The number of ether oxygens (including phenoxy) is 2. The molecule has 0 aliphatic carbocycles. The lowest BCUT2D eigenvalue weighted by molar-refractivity contribution is -0.132. The van der Waals surface area contributed by atoms with E-state index < -0.39 is 23.7 Å². The largest absolute Gasteiger partial charge is 0.507 e. The van der Waals surface area contributed by atoms with E-state index in [1.165, 1.54) is 12.0 Å². The lowest BCUT2D eigenvalue weighted by Crippen LogP contribution is -2.29. The van der Waals surface area contributed by atoms with Gasteiger partial charge >= 0.3 is 11.9 Å². The molecule has 0 saturated carbocycles. The molecule has 2 heterocycles. The summed E-state index contributed by atoms with van der Waals surface area (Å²) in [5.41, 5.74) is 1.23. The van der Waals surface area contributed by atoms with Gasteiger partial charge < -0.3 is 14.6 Å². The molecule has 1 saturated heterocycles. The summed E-state index contributed by atoms with van der Waals surface area (Å²) in [7, 11) is 1.26. The van der Waals surface area contributed by atoms with Crippen LogP contribution in [0.4, 0.5) is 5.13 Å². The number of carbonyl (C=O) groups is 3. The smallest absolute Gasteiger partial charge is 0.350 e. The van der Waals surface area contributed by atoms with E-state index in [-0.39, 0.29) is 21.3 Å². The second-order valence-electron chi connectivity index (χ2n) is 8.35. The van der Waals surface area contributed by atoms with E-state index in [1.54, 1.807) is 55.5 Å². The molecule has 8 nitrogen and oxygen atoms in total. The zero-order valence-corrected chi connectivity index (χ0v) is 22.9. The fraction of sp³-hybridized carbons (Fsp3) is 0.259. The molecule has 1 aliphatic rings. The van der Waals surface area contributed by atoms with Crippen LogP contribution in [0.25, 0.3) is 5.76 Å². The van der Waals surface area contributed by atoms with E-state index in [1.807, 2.05) is 0 Å². The number of unbranched alkanes of at least 4 members (excludes halogenated alkanes) is 1. The van der Waals surface area contributed by atoms with E-state index in [9.17, 15) is 19.5 Å². The Labute approximate surface area is 226 Å². The number of aromatic nitrogens is 1. The molecule has 1 aromatic heterocycles. The van der Waals surface area contributed by atoms with Gasteiger partial charge in [-0.05, 0) is 43.2 Å². The normalized spacial score (nSPS) is 16.8. The number of aryl methyl sites for hydroxylation is 1. The van der Waals surface area contributed by atoms with E-state index in [0.29, 0.717) is 29.2 Å². The Morgan fingerprint density at radius 3 is 2.59 bits per heavy atom. The van der Waals surface area contributed by atoms with Crippen LogP contribution in [0.1, 0.15) is 52.3 Å². The second-order valence-corrected chi connectivity index (χ2v) is 10.2. The number of amides is 1. The minimum absolute atomic E-state index is 0.0782. The summed E-state index contributed by atoms with van der Waals surface area (Å²) in [4.78, 5) is 44.8. The summed E-state index contributed by atoms with van der Waals surface area (Å²) in [6.45, 7) is 4.21. The number of ketones is 1. The number of methoxy groups -OCH3 is 1. The van der Waals surface area contributed by atoms with E-state index in [0.717, 1.165) is 28.7 Å². The predicted molar refractivity (Wildman–Crippen MR) is 144 cm³/mol. The summed E-state index contributed by atoms with van der Waals surface area (Å²) in [6, 6.07) is 12.9. The fourth-order valence-corrected chi connectivity index (χ4v) is 5.26. The van der Waals surface area contributed by atoms with Crippen molar-refractivity contribution in [2.75, 3.05) is 18.6 Å². The van der Waals surface area contributed by atoms with Gasteiger partial charge in [0.05, 0.1) is 31.0 Å². The number of hydrogen-bond acceptors (Lipinski definition) is 8. The van der Waals surface area contributed by atoms with Crippen LogP contribution in [0.15, 0.2) is 58.6 Å². The molecule has 10 heteroatoms. The van der Waals surface area contributed by atoms with Crippen molar-refractivity contribution in [3.05, 3.63) is 80.3 Å². The highest BCUT2D eigenvalue weighted by molar-refractivity contribution is 9.10. The van der Waals surface area contributed by atoms with Crippen molar-refractivity contribution in [2.45, 2.75) is 32.7 Å². The highest BCUT2D eigenvalue weighted by atomic mass is 79.9. The second kappa shape index (κ2) is 11.3. The first-order valence-electron chi connectivity index (χ1n) is 11.6. The van der Waals surface area contributed by atoms with Gasteiger partial charge in [0.2, 0.25) is 0 Å². The number of aliphatic hydroxyl groups is 1. The first-order chi connectivity index (χ1) is 17.8.